The second kappa shape index (κ2) is 7.04. The van der Waals surface area contributed by atoms with E-state index in [-0.39, 0.29) is 6.09 Å². The normalized spacial score (nSPS) is 16.4. The predicted molar refractivity (Wildman–Crippen MR) is 70.5 cm³/mol. The number of rotatable bonds is 4. The molecule has 0 radical (unpaired) electrons. The van der Waals surface area contributed by atoms with E-state index in [1.807, 2.05) is 13.0 Å². The van der Waals surface area contributed by atoms with Crippen molar-refractivity contribution in [3.05, 3.63) is 24.3 Å². The molecule has 1 N–H and O–H groups in total. The molecule has 6 heteroatoms. The van der Waals surface area contributed by atoms with Gasteiger partial charge in [-0.2, -0.15) is 0 Å². The Kier molecular flexibility index (Phi) is 5.09. The molecule has 6 nitrogen and oxygen atoms in total. The summed E-state index contributed by atoms with van der Waals surface area (Å²) >= 11 is 0. The second-order valence-corrected chi connectivity index (χ2v) is 4.54. The molecule has 0 unspecified atom stereocenters. The van der Waals surface area contributed by atoms with Crippen molar-refractivity contribution in [3.8, 4) is 0 Å². The molecule has 1 fully saturated rings. The maximum absolute atomic E-state index is 11.6. The van der Waals surface area contributed by atoms with Gasteiger partial charge in [0.05, 0.1) is 12.3 Å². The molecule has 0 aromatic carbocycles. The van der Waals surface area contributed by atoms with Crippen LogP contribution in [0.25, 0.3) is 0 Å². The summed E-state index contributed by atoms with van der Waals surface area (Å²) in [4.78, 5) is 21.4. The third-order valence-corrected chi connectivity index (χ3v) is 3.24. The van der Waals surface area contributed by atoms with Crippen LogP contribution in [0.2, 0.25) is 0 Å². The van der Waals surface area contributed by atoms with Crippen molar-refractivity contribution in [1.82, 2.24) is 20.2 Å². The highest BCUT2D eigenvalue weighted by atomic mass is 16.6. The number of hydrogen-bond donors (Lipinski definition) is 1. The summed E-state index contributed by atoms with van der Waals surface area (Å²) in [6, 6.07) is 2.33. The van der Waals surface area contributed by atoms with Gasteiger partial charge in [-0.15, -0.1) is 0 Å². The first-order valence-electron chi connectivity index (χ1n) is 6.69. The minimum atomic E-state index is -0.197. The van der Waals surface area contributed by atoms with E-state index in [1.165, 1.54) is 0 Å². The van der Waals surface area contributed by atoms with E-state index in [4.69, 9.17) is 4.74 Å². The fourth-order valence-corrected chi connectivity index (χ4v) is 2.15. The van der Waals surface area contributed by atoms with Crippen LogP contribution in [-0.2, 0) is 11.3 Å². The minimum absolute atomic E-state index is 0.197. The van der Waals surface area contributed by atoms with Gasteiger partial charge in [0.2, 0.25) is 0 Å². The average molecular weight is 264 g/mol. The molecule has 2 heterocycles. The van der Waals surface area contributed by atoms with E-state index >= 15 is 0 Å². The summed E-state index contributed by atoms with van der Waals surface area (Å²) in [6.07, 6.45) is 5.00. The standard InChI is InChI=1S/C13H20N4O2/c1-2-19-13(18)17-7-4-11(5-8-17)15-9-12-3-6-14-10-16-12/h3,6,10-11,15H,2,4-5,7-9H2,1H3. The highest BCUT2D eigenvalue weighted by Crippen LogP contribution is 2.11. The van der Waals surface area contributed by atoms with Crippen LogP contribution >= 0.6 is 0 Å². The third-order valence-electron chi connectivity index (χ3n) is 3.24. The largest absolute Gasteiger partial charge is 0.450 e. The molecule has 0 bridgehead atoms. The Balaban J connectivity index is 1.70. The van der Waals surface area contributed by atoms with Gasteiger partial charge in [0.15, 0.2) is 0 Å². The van der Waals surface area contributed by atoms with Crippen LogP contribution in [-0.4, -0.2) is 46.7 Å². The minimum Gasteiger partial charge on any atom is -0.450 e. The van der Waals surface area contributed by atoms with E-state index in [2.05, 4.69) is 15.3 Å². The zero-order valence-corrected chi connectivity index (χ0v) is 11.2. The predicted octanol–water partition coefficient (Wildman–Crippen LogP) is 1.19. The SMILES string of the molecule is CCOC(=O)N1CCC(NCc2ccncn2)CC1. The molecular weight excluding hydrogens is 244 g/mol. The monoisotopic (exact) mass is 264 g/mol. The zero-order valence-electron chi connectivity index (χ0n) is 11.2. The lowest BCUT2D eigenvalue weighted by Crippen LogP contribution is -2.45. The van der Waals surface area contributed by atoms with Crippen LogP contribution in [0.15, 0.2) is 18.6 Å². The molecule has 2 rings (SSSR count). The number of hydrogen-bond acceptors (Lipinski definition) is 5. The van der Waals surface area contributed by atoms with Gasteiger partial charge in [-0.1, -0.05) is 0 Å². The fourth-order valence-electron chi connectivity index (χ4n) is 2.15. The number of amides is 1. The number of carbonyl (C=O) groups is 1. The number of ether oxygens (including phenoxy) is 1. The molecule has 0 atom stereocenters. The Morgan fingerprint density at radius 3 is 2.95 bits per heavy atom. The van der Waals surface area contributed by atoms with Crippen molar-refractivity contribution in [1.29, 1.82) is 0 Å². The van der Waals surface area contributed by atoms with Crippen molar-refractivity contribution < 1.29 is 9.53 Å². The Bertz CT molecular complexity index is 391. The number of nitrogens with zero attached hydrogens (tertiary/aromatic N) is 3. The molecule has 1 saturated heterocycles. The molecule has 0 spiro atoms. The van der Waals surface area contributed by atoms with Crippen molar-refractivity contribution in [2.75, 3.05) is 19.7 Å². The van der Waals surface area contributed by atoms with Crippen LogP contribution in [0, 0.1) is 0 Å². The third kappa shape index (κ3) is 4.17. The van der Waals surface area contributed by atoms with E-state index in [0.29, 0.717) is 12.6 Å². The molecule has 0 aliphatic carbocycles. The summed E-state index contributed by atoms with van der Waals surface area (Å²) < 4.78 is 5.00. The van der Waals surface area contributed by atoms with E-state index in [9.17, 15) is 4.79 Å². The lowest BCUT2D eigenvalue weighted by Gasteiger charge is -2.31. The van der Waals surface area contributed by atoms with Gasteiger partial charge in [0, 0.05) is 31.9 Å². The van der Waals surface area contributed by atoms with E-state index in [0.717, 1.165) is 38.2 Å². The van der Waals surface area contributed by atoms with E-state index < -0.39 is 0 Å². The summed E-state index contributed by atoms with van der Waals surface area (Å²) in [5.74, 6) is 0. The average Bonchev–Trinajstić information content (AvgIpc) is 2.47. The van der Waals surface area contributed by atoms with Gasteiger partial charge in [-0.05, 0) is 25.8 Å². The molecule has 1 amide bonds. The van der Waals surface area contributed by atoms with Crippen molar-refractivity contribution in [3.63, 3.8) is 0 Å². The van der Waals surface area contributed by atoms with Gasteiger partial charge in [-0.3, -0.25) is 0 Å². The topological polar surface area (TPSA) is 67.3 Å². The maximum Gasteiger partial charge on any atom is 0.409 e. The van der Waals surface area contributed by atoms with Crippen LogP contribution in [0.3, 0.4) is 0 Å². The number of likely N-dealkylation sites (tertiary alicyclic amines) is 1. The zero-order chi connectivity index (χ0) is 13.5. The number of piperidine rings is 1. The molecule has 1 aromatic rings. The first-order valence-corrected chi connectivity index (χ1v) is 6.69. The number of aromatic nitrogens is 2. The van der Waals surface area contributed by atoms with Gasteiger partial charge in [0.25, 0.3) is 0 Å². The Morgan fingerprint density at radius 2 is 2.32 bits per heavy atom. The van der Waals surface area contributed by atoms with Gasteiger partial charge < -0.3 is 15.0 Å². The Morgan fingerprint density at radius 1 is 1.53 bits per heavy atom. The highest BCUT2D eigenvalue weighted by Gasteiger charge is 2.23. The van der Waals surface area contributed by atoms with Crippen LogP contribution in [0.4, 0.5) is 4.79 Å². The molecule has 0 saturated carbocycles. The van der Waals surface area contributed by atoms with Crippen LogP contribution in [0.5, 0.6) is 0 Å². The molecular formula is C13H20N4O2. The molecule has 104 valence electrons. The Hall–Kier alpha value is -1.69. The summed E-state index contributed by atoms with van der Waals surface area (Å²) in [5.41, 5.74) is 0.989. The van der Waals surface area contributed by atoms with Crippen LogP contribution < -0.4 is 5.32 Å². The van der Waals surface area contributed by atoms with Gasteiger partial charge >= 0.3 is 6.09 Å². The number of carbonyl (C=O) groups excluding carboxylic acids is 1. The fraction of sp³-hybridized carbons (Fsp3) is 0.615. The van der Waals surface area contributed by atoms with Crippen LogP contribution in [0.1, 0.15) is 25.5 Å². The first-order chi connectivity index (χ1) is 9.29. The lowest BCUT2D eigenvalue weighted by atomic mass is 10.1. The summed E-state index contributed by atoms with van der Waals surface area (Å²) in [7, 11) is 0. The smallest absolute Gasteiger partial charge is 0.409 e. The lowest BCUT2D eigenvalue weighted by molar-refractivity contribution is 0.0949. The number of nitrogens with one attached hydrogen (secondary N) is 1. The molecule has 1 aliphatic rings. The molecule has 1 aromatic heterocycles. The molecule has 19 heavy (non-hydrogen) atoms. The second-order valence-electron chi connectivity index (χ2n) is 4.54. The van der Waals surface area contributed by atoms with E-state index in [1.54, 1.807) is 17.4 Å². The quantitative estimate of drug-likeness (QED) is 0.884. The summed E-state index contributed by atoms with van der Waals surface area (Å²) in [6.45, 7) is 4.51. The maximum atomic E-state index is 11.6. The van der Waals surface area contributed by atoms with Crippen molar-refractivity contribution in [2.24, 2.45) is 0 Å². The van der Waals surface area contributed by atoms with Crippen molar-refractivity contribution >= 4 is 6.09 Å². The van der Waals surface area contributed by atoms with Crippen molar-refractivity contribution in [2.45, 2.75) is 32.4 Å². The van der Waals surface area contributed by atoms with Gasteiger partial charge in [-0.25, -0.2) is 14.8 Å². The highest BCUT2D eigenvalue weighted by molar-refractivity contribution is 5.67. The van der Waals surface area contributed by atoms with Gasteiger partial charge in [0.1, 0.15) is 6.33 Å². The first kappa shape index (κ1) is 13.7. The summed E-state index contributed by atoms with van der Waals surface area (Å²) in [5, 5.41) is 3.46. The Labute approximate surface area is 113 Å². The molecule has 1 aliphatic heterocycles.